The molecular weight excluding hydrogens is 397 g/mol. The number of aliphatic hydroxyl groups is 1. The van der Waals surface area contributed by atoms with Crippen LogP contribution in [0.2, 0.25) is 0 Å². The third-order valence-electron chi connectivity index (χ3n) is 6.35. The summed E-state index contributed by atoms with van der Waals surface area (Å²) in [6, 6.07) is 10.5. The van der Waals surface area contributed by atoms with Crippen molar-refractivity contribution in [1.82, 2.24) is 4.90 Å². The van der Waals surface area contributed by atoms with Crippen LogP contribution < -0.4 is 4.74 Å². The van der Waals surface area contributed by atoms with Gasteiger partial charge in [-0.05, 0) is 49.1 Å². The summed E-state index contributed by atoms with van der Waals surface area (Å²) in [5, 5.41) is 11.2. The number of halogens is 1. The van der Waals surface area contributed by atoms with Crippen LogP contribution in [0.4, 0.5) is 4.39 Å². The van der Waals surface area contributed by atoms with Crippen LogP contribution in [0.25, 0.3) is 5.76 Å². The number of likely N-dealkylation sites (tertiary alicyclic amines) is 1. The molecule has 1 heterocycles. The predicted octanol–water partition coefficient (Wildman–Crippen LogP) is 4.90. The van der Waals surface area contributed by atoms with Gasteiger partial charge in [0.25, 0.3) is 11.7 Å². The quantitative estimate of drug-likeness (QED) is 0.432. The van der Waals surface area contributed by atoms with Crippen molar-refractivity contribution < 1.29 is 23.8 Å². The smallest absolute Gasteiger partial charge is 0.295 e. The molecule has 1 unspecified atom stereocenters. The van der Waals surface area contributed by atoms with Crippen LogP contribution in [0.3, 0.4) is 0 Å². The molecule has 5 nitrogen and oxygen atoms in total. The number of rotatable bonds is 4. The van der Waals surface area contributed by atoms with Crippen LogP contribution in [0.5, 0.6) is 5.75 Å². The van der Waals surface area contributed by atoms with E-state index in [9.17, 15) is 19.1 Å². The maximum absolute atomic E-state index is 14.0. The molecule has 0 spiro atoms. The first-order valence-corrected chi connectivity index (χ1v) is 10.6. The third-order valence-corrected chi connectivity index (χ3v) is 6.35. The number of aliphatic hydroxyl groups excluding tert-OH is 1. The lowest BCUT2D eigenvalue weighted by molar-refractivity contribution is -0.141. The monoisotopic (exact) mass is 423 g/mol. The highest BCUT2D eigenvalue weighted by Crippen LogP contribution is 2.44. The Labute approximate surface area is 181 Å². The standard InChI is InChI=1S/C25H26FNO4/c1-15-8-6-7-11-18(15)22-21(23(28)19-14-16(26)12-13-20(19)31-2)24(29)25(30)27(22)17-9-4-3-5-10-17/h6-8,11-14,17,22,28H,3-5,9-10H2,1-2H3/b23-21+. The van der Waals surface area contributed by atoms with Gasteiger partial charge in [0, 0.05) is 6.04 Å². The molecule has 162 valence electrons. The van der Waals surface area contributed by atoms with E-state index in [2.05, 4.69) is 0 Å². The van der Waals surface area contributed by atoms with Gasteiger partial charge in [0.1, 0.15) is 17.3 Å². The molecule has 2 aromatic rings. The Morgan fingerprint density at radius 1 is 1.10 bits per heavy atom. The lowest BCUT2D eigenvalue weighted by Crippen LogP contribution is -2.40. The first-order chi connectivity index (χ1) is 14.9. The number of ketones is 1. The largest absolute Gasteiger partial charge is 0.507 e. The molecule has 1 atom stereocenters. The number of aryl methyl sites for hydroxylation is 1. The molecule has 0 radical (unpaired) electrons. The molecule has 1 aliphatic carbocycles. The minimum atomic E-state index is -0.748. The fourth-order valence-corrected chi connectivity index (χ4v) is 4.80. The highest BCUT2D eigenvalue weighted by atomic mass is 19.1. The number of hydrogen-bond donors (Lipinski definition) is 1. The molecule has 1 N–H and O–H groups in total. The molecular formula is C25H26FNO4. The first-order valence-electron chi connectivity index (χ1n) is 10.6. The van der Waals surface area contributed by atoms with Crippen LogP contribution in [0.15, 0.2) is 48.0 Å². The molecule has 1 aliphatic heterocycles. The number of hydrogen-bond acceptors (Lipinski definition) is 4. The van der Waals surface area contributed by atoms with Gasteiger partial charge in [0.15, 0.2) is 0 Å². The van der Waals surface area contributed by atoms with Gasteiger partial charge in [-0.15, -0.1) is 0 Å². The zero-order valence-corrected chi connectivity index (χ0v) is 17.7. The predicted molar refractivity (Wildman–Crippen MR) is 115 cm³/mol. The molecule has 2 fully saturated rings. The van der Waals surface area contributed by atoms with Crippen LogP contribution >= 0.6 is 0 Å². The maximum atomic E-state index is 14.0. The average molecular weight is 423 g/mol. The fourth-order valence-electron chi connectivity index (χ4n) is 4.80. The van der Waals surface area contributed by atoms with E-state index in [4.69, 9.17) is 4.74 Å². The van der Waals surface area contributed by atoms with E-state index in [1.54, 1.807) is 4.90 Å². The minimum absolute atomic E-state index is 0.0197. The molecule has 1 saturated heterocycles. The van der Waals surface area contributed by atoms with Crippen LogP contribution in [-0.4, -0.2) is 34.8 Å². The van der Waals surface area contributed by atoms with Gasteiger partial charge < -0.3 is 14.7 Å². The molecule has 1 amide bonds. The number of benzene rings is 2. The number of amides is 1. The topological polar surface area (TPSA) is 66.8 Å². The summed E-state index contributed by atoms with van der Waals surface area (Å²) in [6.45, 7) is 1.92. The summed E-state index contributed by atoms with van der Waals surface area (Å²) >= 11 is 0. The lowest BCUT2D eigenvalue weighted by atomic mass is 9.89. The van der Waals surface area contributed by atoms with E-state index in [1.165, 1.54) is 19.2 Å². The average Bonchev–Trinajstić information content (AvgIpc) is 3.04. The molecule has 1 saturated carbocycles. The number of Topliss-reactive ketones (excluding diaryl/α,β-unsaturated/α-hetero) is 1. The Hall–Kier alpha value is -3.15. The van der Waals surface area contributed by atoms with Crippen LogP contribution in [0, 0.1) is 12.7 Å². The van der Waals surface area contributed by atoms with E-state index in [-0.39, 0.29) is 22.9 Å². The SMILES string of the molecule is COc1ccc(F)cc1/C(O)=C1\C(=O)C(=O)N(C2CCCCC2)C1c1ccccc1C. The summed E-state index contributed by atoms with van der Waals surface area (Å²) < 4.78 is 19.3. The van der Waals surface area contributed by atoms with Gasteiger partial charge >= 0.3 is 0 Å². The highest BCUT2D eigenvalue weighted by Gasteiger charge is 2.49. The van der Waals surface area contributed by atoms with E-state index in [0.717, 1.165) is 49.3 Å². The van der Waals surface area contributed by atoms with Crippen molar-refractivity contribution in [3.8, 4) is 5.75 Å². The Balaban J connectivity index is 1.94. The van der Waals surface area contributed by atoms with E-state index >= 15 is 0 Å². The lowest BCUT2D eigenvalue weighted by Gasteiger charge is -2.36. The molecule has 4 rings (SSSR count). The van der Waals surface area contributed by atoms with E-state index in [1.807, 2.05) is 31.2 Å². The number of nitrogens with zero attached hydrogens (tertiary/aromatic N) is 1. The van der Waals surface area contributed by atoms with Crippen molar-refractivity contribution >= 4 is 17.4 Å². The molecule has 6 heteroatoms. The van der Waals surface area contributed by atoms with Crippen molar-refractivity contribution in [3.05, 3.63) is 70.5 Å². The second-order valence-corrected chi connectivity index (χ2v) is 8.20. The van der Waals surface area contributed by atoms with Gasteiger partial charge in [-0.25, -0.2) is 4.39 Å². The van der Waals surface area contributed by atoms with Gasteiger partial charge in [0.05, 0.1) is 24.3 Å². The Morgan fingerprint density at radius 2 is 1.81 bits per heavy atom. The number of carbonyl (C=O) groups excluding carboxylic acids is 2. The Kier molecular flexibility index (Phi) is 5.81. The molecule has 2 aromatic carbocycles. The molecule has 0 aromatic heterocycles. The highest BCUT2D eigenvalue weighted by molar-refractivity contribution is 6.46. The Bertz CT molecular complexity index is 1060. The zero-order chi connectivity index (χ0) is 22.1. The van der Waals surface area contributed by atoms with E-state index < -0.39 is 29.3 Å². The minimum Gasteiger partial charge on any atom is -0.507 e. The summed E-state index contributed by atoms with van der Waals surface area (Å²) in [5.74, 6) is -2.12. The molecule has 31 heavy (non-hydrogen) atoms. The number of carbonyl (C=O) groups is 2. The second kappa shape index (κ2) is 8.53. The van der Waals surface area contributed by atoms with Crippen LogP contribution in [-0.2, 0) is 9.59 Å². The maximum Gasteiger partial charge on any atom is 0.295 e. The van der Waals surface area contributed by atoms with Crippen molar-refractivity contribution in [1.29, 1.82) is 0 Å². The summed E-state index contributed by atoms with van der Waals surface area (Å²) in [5.41, 5.74) is 1.73. The first kappa shape index (κ1) is 21.1. The molecule has 2 aliphatic rings. The second-order valence-electron chi connectivity index (χ2n) is 8.20. The van der Waals surface area contributed by atoms with E-state index in [0.29, 0.717) is 0 Å². The van der Waals surface area contributed by atoms with Crippen LogP contribution in [0.1, 0.15) is 54.8 Å². The molecule has 0 bridgehead atoms. The van der Waals surface area contributed by atoms with Gasteiger partial charge in [-0.1, -0.05) is 43.5 Å². The third kappa shape index (κ3) is 3.71. The van der Waals surface area contributed by atoms with Crippen molar-refractivity contribution in [2.45, 2.75) is 51.1 Å². The summed E-state index contributed by atoms with van der Waals surface area (Å²) in [4.78, 5) is 28.0. The summed E-state index contributed by atoms with van der Waals surface area (Å²) in [7, 11) is 1.41. The van der Waals surface area contributed by atoms with Crippen molar-refractivity contribution in [2.75, 3.05) is 7.11 Å². The summed E-state index contributed by atoms with van der Waals surface area (Å²) in [6.07, 6.45) is 4.73. The zero-order valence-electron chi connectivity index (χ0n) is 17.7. The van der Waals surface area contributed by atoms with Crippen molar-refractivity contribution in [3.63, 3.8) is 0 Å². The van der Waals surface area contributed by atoms with Gasteiger partial charge in [-0.2, -0.15) is 0 Å². The Morgan fingerprint density at radius 3 is 2.48 bits per heavy atom. The normalized spacial score (nSPS) is 21.5. The fraction of sp³-hybridized carbons (Fsp3) is 0.360. The number of methoxy groups -OCH3 is 1. The number of ether oxygens (including phenoxy) is 1. The van der Waals surface area contributed by atoms with Gasteiger partial charge in [0.2, 0.25) is 0 Å². The van der Waals surface area contributed by atoms with Gasteiger partial charge in [-0.3, -0.25) is 9.59 Å². The van der Waals surface area contributed by atoms with Crippen molar-refractivity contribution in [2.24, 2.45) is 0 Å².